The van der Waals surface area contributed by atoms with Crippen LogP contribution in [-0.2, 0) is 6.54 Å². The molecule has 0 aromatic heterocycles. The Hall–Kier alpha value is -0.570. The minimum absolute atomic E-state index is 0.799. The molecule has 1 unspecified atom stereocenters. The normalized spacial score (nSPS) is 20.6. The molecule has 1 aliphatic heterocycles. The van der Waals surface area contributed by atoms with E-state index in [1.54, 1.807) is 0 Å². The fraction of sp³-hybridized carbons (Fsp3) is 0.538. The van der Waals surface area contributed by atoms with Crippen LogP contribution in [0.25, 0.3) is 0 Å². The molecule has 0 radical (unpaired) electrons. The van der Waals surface area contributed by atoms with Gasteiger partial charge in [0.2, 0.25) is 0 Å². The largest absolute Gasteiger partial charge is 0.316 e. The molecule has 16 heavy (non-hydrogen) atoms. The van der Waals surface area contributed by atoms with Gasteiger partial charge in [-0.1, -0.05) is 29.8 Å². The number of hydrogen-bond donors (Lipinski definition) is 1. The minimum atomic E-state index is 0.799. The molecule has 0 bridgehead atoms. The van der Waals surface area contributed by atoms with Gasteiger partial charge in [-0.3, -0.25) is 0 Å². The monoisotopic (exact) mass is 238 g/mol. The summed E-state index contributed by atoms with van der Waals surface area (Å²) in [4.78, 5) is 2.36. The number of halogens is 1. The van der Waals surface area contributed by atoms with Gasteiger partial charge in [-0.25, -0.2) is 0 Å². The third kappa shape index (κ3) is 3.21. The van der Waals surface area contributed by atoms with Crippen molar-refractivity contribution in [3.05, 3.63) is 34.9 Å². The van der Waals surface area contributed by atoms with E-state index in [4.69, 9.17) is 11.6 Å². The highest BCUT2D eigenvalue weighted by molar-refractivity contribution is 6.31. The lowest BCUT2D eigenvalue weighted by molar-refractivity contribution is 0.278. The van der Waals surface area contributed by atoms with E-state index in [9.17, 15) is 0 Å². The first kappa shape index (κ1) is 11.9. The summed E-state index contributed by atoms with van der Waals surface area (Å²) < 4.78 is 0. The van der Waals surface area contributed by atoms with Gasteiger partial charge >= 0.3 is 0 Å². The lowest BCUT2D eigenvalue weighted by atomic mass is 10.1. The Kier molecular flexibility index (Phi) is 4.22. The zero-order chi connectivity index (χ0) is 11.4. The van der Waals surface area contributed by atoms with E-state index < -0.39 is 0 Å². The highest BCUT2D eigenvalue weighted by Gasteiger charge is 2.16. The second-order valence-electron chi connectivity index (χ2n) is 4.65. The molecule has 0 aliphatic carbocycles. The number of nitrogens with zero attached hydrogens (tertiary/aromatic N) is 1. The van der Waals surface area contributed by atoms with Gasteiger partial charge < -0.3 is 10.2 Å². The van der Waals surface area contributed by atoms with Gasteiger partial charge in [0.1, 0.15) is 0 Å². The summed E-state index contributed by atoms with van der Waals surface area (Å²) in [7, 11) is 2.17. The summed E-state index contributed by atoms with van der Waals surface area (Å²) >= 11 is 6.15. The summed E-state index contributed by atoms with van der Waals surface area (Å²) in [5.41, 5.74) is 1.22. The van der Waals surface area contributed by atoms with Crippen LogP contribution >= 0.6 is 11.6 Å². The van der Waals surface area contributed by atoms with Crippen molar-refractivity contribution in [2.24, 2.45) is 5.92 Å². The molecular weight excluding hydrogens is 220 g/mol. The van der Waals surface area contributed by atoms with E-state index in [-0.39, 0.29) is 0 Å². The molecule has 2 nitrogen and oxygen atoms in total. The Morgan fingerprint density at radius 3 is 2.94 bits per heavy atom. The molecule has 1 aromatic rings. The lowest BCUT2D eigenvalue weighted by Gasteiger charge is -2.20. The summed E-state index contributed by atoms with van der Waals surface area (Å²) in [6.45, 7) is 4.42. The first-order valence-electron chi connectivity index (χ1n) is 5.88. The predicted octanol–water partition coefficient (Wildman–Crippen LogP) is 2.38. The van der Waals surface area contributed by atoms with Crippen LogP contribution in [0.1, 0.15) is 12.0 Å². The van der Waals surface area contributed by atoms with E-state index in [0.29, 0.717) is 0 Å². The van der Waals surface area contributed by atoms with Crippen molar-refractivity contribution in [3.63, 3.8) is 0 Å². The van der Waals surface area contributed by atoms with Crippen LogP contribution in [0, 0.1) is 5.92 Å². The van der Waals surface area contributed by atoms with Crippen molar-refractivity contribution in [1.82, 2.24) is 10.2 Å². The molecular formula is C13H19ClN2. The predicted molar refractivity (Wildman–Crippen MR) is 68.8 cm³/mol. The Labute approximate surface area is 103 Å². The van der Waals surface area contributed by atoms with Crippen molar-refractivity contribution in [3.8, 4) is 0 Å². The van der Waals surface area contributed by atoms with Gasteiger partial charge in [0, 0.05) is 18.1 Å². The zero-order valence-corrected chi connectivity index (χ0v) is 10.5. The molecule has 0 amide bonds. The highest BCUT2D eigenvalue weighted by Crippen LogP contribution is 2.17. The van der Waals surface area contributed by atoms with E-state index in [1.165, 1.54) is 18.5 Å². The molecule has 3 heteroatoms. The molecule has 1 atom stereocenters. The van der Waals surface area contributed by atoms with Gasteiger partial charge in [-0.2, -0.15) is 0 Å². The van der Waals surface area contributed by atoms with Crippen LogP contribution in [0.4, 0.5) is 0 Å². The second kappa shape index (κ2) is 5.67. The fourth-order valence-electron chi connectivity index (χ4n) is 2.29. The number of hydrogen-bond acceptors (Lipinski definition) is 2. The topological polar surface area (TPSA) is 15.3 Å². The van der Waals surface area contributed by atoms with Crippen LogP contribution in [0.15, 0.2) is 24.3 Å². The molecule has 1 saturated heterocycles. The molecule has 2 rings (SSSR count). The van der Waals surface area contributed by atoms with Crippen LogP contribution in [0.2, 0.25) is 5.02 Å². The summed E-state index contributed by atoms with van der Waals surface area (Å²) in [6, 6.07) is 8.09. The third-order valence-corrected chi connectivity index (χ3v) is 3.50. The van der Waals surface area contributed by atoms with Crippen LogP contribution in [-0.4, -0.2) is 31.6 Å². The maximum absolute atomic E-state index is 6.15. The highest BCUT2D eigenvalue weighted by atomic mass is 35.5. The lowest BCUT2D eigenvalue weighted by Crippen LogP contribution is -2.26. The van der Waals surface area contributed by atoms with Crippen LogP contribution in [0.3, 0.4) is 0 Å². The van der Waals surface area contributed by atoms with Crippen molar-refractivity contribution >= 4 is 11.6 Å². The first-order valence-corrected chi connectivity index (χ1v) is 6.26. The van der Waals surface area contributed by atoms with Crippen molar-refractivity contribution in [2.45, 2.75) is 13.0 Å². The molecule has 1 N–H and O–H groups in total. The van der Waals surface area contributed by atoms with Gasteiger partial charge in [-0.05, 0) is 44.1 Å². The summed E-state index contributed by atoms with van der Waals surface area (Å²) in [5, 5.41) is 4.27. The second-order valence-corrected chi connectivity index (χ2v) is 5.05. The molecule has 0 spiro atoms. The Bertz CT molecular complexity index is 334. The number of benzene rings is 1. The Morgan fingerprint density at radius 1 is 1.44 bits per heavy atom. The van der Waals surface area contributed by atoms with E-state index in [2.05, 4.69) is 23.3 Å². The van der Waals surface area contributed by atoms with Gasteiger partial charge in [0.05, 0.1) is 0 Å². The molecule has 88 valence electrons. The zero-order valence-electron chi connectivity index (χ0n) is 9.75. The minimum Gasteiger partial charge on any atom is -0.316 e. The average molecular weight is 239 g/mol. The van der Waals surface area contributed by atoms with Gasteiger partial charge in [0.15, 0.2) is 0 Å². The van der Waals surface area contributed by atoms with Crippen molar-refractivity contribution < 1.29 is 0 Å². The molecule has 1 aliphatic rings. The molecule has 1 heterocycles. The van der Waals surface area contributed by atoms with Gasteiger partial charge in [0.25, 0.3) is 0 Å². The number of nitrogens with one attached hydrogen (secondary N) is 1. The quantitative estimate of drug-likeness (QED) is 0.867. The molecule has 1 aromatic carbocycles. The third-order valence-electron chi connectivity index (χ3n) is 3.13. The van der Waals surface area contributed by atoms with Gasteiger partial charge in [-0.15, -0.1) is 0 Å². The van der Waals surface area contributed by atoms with E-state index in [1.807, 2.05) is 18.2 Å². The average Bonchev–Trinajstić information content (AvgIpc) is 2.74. The van der Waals surface area contributed by atoms with Crippen molar-refractivity contribution in [1.29, 1.82) is 0 Å². The maximum atomic E-state index is 6.15. The van der Waals surface area contributed by atoms with E-state index >= 15 is 0 Å². The summed E-state index contributed by atoms with van der Waals surface area (Å²) in [5.74, 6) is 0.799. The van der Waals surface area contributed by atoms with Crippen LogP contribution < -0.4 is 5.32 Å². The molecule has 0 saturated carbocycles. The fourth-order valence-corrected chi connectivity index (χ4v) is 2.49. The first-order chi connectivity index (χ1) is 7.75. The maximum Gasteiger partial charge on any atom is 0.0451 e. The smallest absolute Gasteiger partial charge is 0.0451 e. The number of rotatable bonds is 4. The van der Waals surface area contributed by atoms with Crippen LogP contribution in [0.5, 0.6) is 0 Å². The summed E-state index contributed by atoms with van der Waals surface area (Å²) in [6.07, 6.45) is 1.30. The Morgan fingerprint density at radius 2 is 2.25 bits per heavy atom. The Balaban J connectivity index is 1.86. The molecule has 1 fully saturated rings. The van der Waals surface area contributed by atoms with Crippen molar-refractivity contribution in [2.75, 3.05) is 26.7 Å². The van der Waals surface area contributed by atoms with E-state index in [0.717, 1.165) is 30.6 Å². The standard InChI is InChI=1S/C13H19ClN2/c1-16(9-11-6-7-15-8-11)10-12-4-2-3-5-13(12)14/h2-5,11,15H,6-10H2,1H3. The SMILES string of the molecule is CN(Cc1ccccc1Cl)CC1CCNC1.